The van der Waals surface area contributed by atoms with Crippen molar-refractivity contribution >= 4 is 43.0 Å². The molecule has 1 N–H and O–H groups in total. The first-order valence-corrected chi connectivity index (χ1v) is 14.0. The molecule has 0 atom stereocenters. The zero-order valence-electron chi connectivity index (χ0n) is 19.0. The standard InChI is InChI=1S/C23H29N3O5S2/c1-17-12-14-25(15-13-17)19-6-4-18(5-7-19)24-33(30,31)21-10-8-20(9-11-21)26-22(27)23(2,3)16-32(26,28)29/h4-11,17,24H,12-16H2,1-3H3. The van der Waals surface area contributed by atoms with Crippen LogP contribution in [0.15, 0.2) is 53.4 Å². The molecule has 10 heteroatoms. The molecular formula is C23H29N3O5S2. The second kappa shape index (κ2) is 8.32. The Labute approximate surface area is 195 Å². The minimum atomic E-state index is -3.88. The fraction of sp³-hybridized carbons (Fsp3) is 0.435. The van der Waals surface area contributed by atoms with Crippen LogP contribution in [0, 0.1) is 11.3 Å². The maximum absolute atomic E-state index is 12.8. The molecule has 0 saturated carbocycles. The van der Waals surface area contributed by atoms with E-state index in [1.54, 1.807) is 26.0 Å². The Hall–Kier alpha value is -2.59. The summed E-state index contributed by atoms with van der Waals surface area (Å²) in [5.41, 5.74) is 0.606. The van der Waals surface area contributed by atoms with Crippen molar-refractivity contribution in [3.05, 3.63) is 48.5 Å². The van der Waals surface area contributed by atoms with Gasteiger partial charge in [0.25, 0.3) is 10.0 Å². The number of nitrogens with zero attached hydrogens (tertiary/aromatic N) is 2. The van der Waals surface area contributed by atoms with E-state index >= 15 is 0 Å². The fourth-order valence-electron chi connectivity index (χ4n) is 4.24. The van der Waals surface area contributed by atoms with Gasteiger partial charge in [0.15, 0.2) is 0 Å². The molecule has 4 rings (SSSR count). The Balaban J connectivity index is 1.49. The van der Waals surface area contributed by atoms with Crippen LogP contribution in [0.25, 0.3) is 0 Å². The van der Waals surface area contributed by atoms with E-state index in [-0.39, 0.29) is 16.3 Å². The molecule has 178 valence electrons. The largest absolute Gasteiger partial charge is 0.372 e. The van der Waals surface area contributed by atoms with Gasteiger partial charge in [-0.25, -0.2) is 21.1 Å². The lowest BCUT2D eigenvalue weighted by Gasteiger charge is -2.32. The summed E-state index contributed by atoms with van der Waals surface area (Å²) in [6, 6.07) is 12.6. The number of anilines is 3. The molecule has 0 aliphatic carbocycles. The molecule has 2 aliphatic heterocycles. The first-order valence-electron chi connectivity index (χ1n) is 10.9. The molecule has 2 aromatic carbocycles. The Bertz CT molecular complexity index is 1250. The van der Waals surface area contributed by atoms with Gasteiger partial charge in [-0.1, -0.05) is 6.92 Å². The Morgan fingerprint density at radius 2 is 1.48 bits per heavy atom. The van der Waals surface area contributed by atoms with Gasteiger partial charge in [-0.05, 0) is 81.1 Å². The van der Waals surface area contributed by atoms with Gasteiger partial charge in [0.05, 0.1) is 21.8 Å². The van der Waals surface area contributed by atoms with Crippen LogP contribution < -0.4 is 13.9 Å². The first kappa shape index (κ1) is 23.6. The highest BCUT2D eigenvalue weighted by molar-refractivity contribution is 7.94. The third-order valence-electron chi connectivity index (χ3n) is 6.23. The zero-order valence-corrected chi connectivity index (χ0v) is 20.6. The summed E-state index contributed by atoms with van der Waals surface area (Å²) < 4.78 is 53.9. The minimum absolute atomic E-state index is 0.0244. The second-order valence-electron chi connectivity index (χ2n) is 9.53. The van der Waals surface area contributed by atoms with Crippen molar-refractivity contribution in [1.29, 1.82) is 0 Å². The monoisotopic (exact) mass is 491 g/mol. The predicted octanol–water partition coefficient (Wildman–Crippen LogP) is 3.43. The summed E-state index contributed by atoms with van der Waals surface area (Å²) in [6.45, 7) is 7.39. The summed E-state index contributed by atoms with van der Waals surface area (Å²) >= 11 is 0. The predicted molar refractivity (Wildman–Crippen MR) is 129 cm³/mol. The number of sulfonamides is 2. The average Bonchev–Trinajstić information content (AvgIpc) is 2.91. The van der Waals surface area contributed by atoms with Crippen LogP contribution in [-0.2, 0) is 24.8 Å². The molecule has 2 aromatic rings. The number of benzene rings is 2. The third kappa shape index (κ3) is 4.72. The molecule has 2 aliphatic rings. The second-order valence-corrected chi connectivity index (χ2v) is 13.0. The van der Waals surface area contributed by atoms with Crippen LogP contribution >= 0.6 is 0 Å². The van der Waals surface area contributed by atoms with E-state index in [1.807, 2.05) is 12.1 Å². The first-order chi connectivity index (χ1) is 15.4. The summed E-state index contributed by atoms with van der Waals surface area (Å²) in [4.78, 5) is 14.8. The van der Waals surface area contributed by atoms with E-state index < -0.39 is 31.4 Å². The average molecular weight is 492 g/mol. The van der Waals surface area contributed by atoms with Gasteiger partial charge in [-0.3, -0.25) is 9.52 Å². The zero-order chi connectivity index (χ0) is 24.0. The van der Waals surface area contributed by atoms with Crippen molar-refractivity contribution in [2.45, 2.75) is 38.5 Å². The summed E-state index contributed by atoms with van der Waals surface area (Å²) in [7, 11) is -7.68. The van der Waals surface area contributed by atoms with Crippen LogP contribution in [-0.4, -0.2) is 41.6 Å². The molecule has 1 amide bonds. The van der Waals surface area contributed by atoms with E-state index in [0.717, 1.165) is 41.8 Å². The van der Waals surface area contributed by atoms with E-state index in [1.165, 1.54) is 24.3 Å². The summed E-state index contributed by atoms with van der Waals surface area (Å²) in [5.74, 6) is -0.0826. The Morgan fingerprint density at radius 3 is 2.00 bits per heavy atom. The smallest absolute Gasteiger partial charge is 0.261 e. The highest BCUT2D eigenvalue weighted by Crippen LogP contribution is 2.36. The van der Waals surface area contributed by atoms with Crippen molar-refractivity contribution in [2.75, 3.05) is 32.8 Å². The number of nitrogens with one attached hydrogen (secondary N) is 1. The lowest BCUT2D eigenvalue weighted by molar-refractivity contribution is -0.123. The van der Waals surface area contributed by atoms with Gasteiger partial charge >= 0.3 is 0 Å². The molecule has 0 radical (unpaired) electrons. The van der Waals surface area contributed by atoms with Crippen molar-refractivity contribution in [3.63, 3.8) is 0 Å². The normalized spacial score (nSPS) is 20.8. The quantitative estimate of drug-likeness (QED) is 0.687. The van der Waals surface area contributed by atoms with Crippen LogP contribution in [0.3, 0.4) is 0 Å². The van der Waals surface area contributed by atoms with Crippen molar-refractivity contribution in [1.82, 2.24) is 0 Å². The van der Waals surface area contributed by atoms with Gasteiger partial charge in [0, 0.05) is 24.5 Å². The van der Waals surface area contributed by atoms with E-state index in [9.17, 15) is 21.6 Å². The molecule has 8 nitrogen and oxygen atoms in total. The number of amides is 1. The molecule has 2 saturated heterocycles. The number of piperidine rings is 1. The number of carbonyl (C=O) groups excluding carboxylic acids is 1. The number of hydrogen-bond acceptors (Lipinski definition) is 6. The van der Waals surface area contributed by atoms with E-state index in [4.69, 9.17) is 0 Å². The minimum Gasteiger partial charge on any atom is -0.372 e. The Morgan fingerprint density at radius 1 is 0.939 bits per heavy atom. The van der Waals surface area contributed by atoms with Crippen molar-refractivity contribution in [3.8, 4) is 0 Å². The van der Waals surface area contributed by atoms with Gasteiger partial charge in [-0.15, -0.1) is 0 Å². The highest BCUT2D eigenvalue weighted by atomic mass is 32.2. The van der Waals surface area contributed by atoms with Gasteiger partial charge in [0.1, 0.15) is 0 Å². The number of rotatable bonds is 5. The van der Waals surface area contributed by atoms with Gasteiger partial charge in [-0.2, -0.15) is 0 Å². The molecular weight excluding hydrogens is 462 g/mol. The lowest BCUT2D eigenvalue weighted by atomic mass is 9.95. The molecule has 0 spiro atoms. The van der Waals surface area contributed by atoms with Crippen LogP contribution in [0.2, 0.25) is 0 Å². The molecule has 2 heterocycles. The number of carbonyl (C=O) groups is 1. The van der Waals surface area contributed by atoms with Gasteiger partial charge in [0.2, 0.25) is 15.9 Å². The van der Waals surface area contributed by atoms with Gasteiger partial charge < -0.3 is 4.90 Å². The summed E-state index contributed by atoms with van der Waals surface area (Å²) in [6.07, 6.45) is 2.29. The lowest BCUT2D eigenvalue weighted by Crippen LogP contribution is -2.32. The molecule has 33 heavy (non-hydrogen) atoms. The van der Waals surface area contributed by atoms with Crippen molar-refractivity contribution in [2.24, 2.45) is 11.3 Å². The van der Waals surface area contributed by atoms with E-state index in [2.05, 4.69) is 16.5 Å². The van der Waals surface area contributed by atoms with Crippen molar-refractivity contribution < 1.29 is 21.6 Å². The third-order valence-corrected chi connectivity index (χ3v) is 9.65. The maximum atomic E-state index is 12.8. The number of hydrogen-bond donors (Lipinski definition) is 1. The molecule has 0 bridgehead atoms. The molecule has 2 fully saturated rings. The molecule has 0 aromatic heterocycles. The maximum Gasteiger partial charge on any atom is 0.261 e. The van der Waals surface area contributed by atoms with Crippen LogP contribution in [0.4, 0.5) is 17.1 Å². The summed E-state index contributed by atoms with van der Waals surface area (Å²) in [5, 5.41) is 0. The highest BCUT2D eigenvalue weighted by Gasteiger charge is 2.49. The van der Waals surface area contributed by atoms with E-state index in [0.29, 0.717) is 5.69 Å². The SMILES string of the molecule is CC1CCN(c2ccc(NS(=O)(=O)c3ccc(N4C(=O)C(C)(C)CS4(=O)=O)cc3)cc2)CC1. The fourth-order valence-corrected chi connectivity index (χ4v) is 7.41. The Kier molecular flexibility index (Phi) is 5.94. The topological polar surface area (TPSA) is 104 Å². The molecule has 0 unspecified atom stereocenters. The van der Waals surface area contributed by atoms with Crippen LogP contribution in [0.1, 0.15) is 33.6 Å². The van der Waals surface area contributed by atoms with Crippen LogP contribution in [0.5, 0.6) is 0 Å².